The highest BCUT2D eigenvalue weighted by molar-refractivity contribution is 6.15. The van der Waals surface area contributed by atoms with Crippen molar-refractivity contribution in [2.45, 2.75) is 52.2 Å². The first-order valence-corrected chi connectivity index (χ1v) is 9.72. The molecule has 140 valence electrons. The van der Waals surface area contributed by atoms with Crippen molar-refractivity contribution in [3.63, 3.8) is 0 Å². The van der Waals surface area contributed by atoms with E-state index in [0.29, 0.717) is 12.4 Å². The number of pyridine rings is 1. The number of carbonyl (C=O) groups excluding carboxylic acids is 1. The van der Waals surface area contributed by atoms with Gasteiger partial charge in [0.25, 0.3) is 0 Å². The van der Waals surface area contributed by atoms with Crippen LogP contribution in [0, 0.1) is 5.92 Å². The Bertz CT molecular complexity index is 883. The molecule has 0 unspecified atom stereocenters. The number of nitrogens with zero attached hydrogens (tertiary/aromatic N) is 2. The van der Waals surface area contributed by atoms with E-state index in [2.05, 4.69) is 22.4 Å². The molecule has 1 aliphatic heterocycles. The van der Waals surface area contributed by atoms with E-state index in [1.165, 1.54) is 5.56 Å². The summed E-state index contributed by atoms with van der Waals surface area (Å²) in [5.41, 5.74) is 4.17. The van der Waals surface area contributed by atoms with Gasteiger partial charge in [-0.2, -0.15) is 0 Å². The molecule has 5 nitrogen and oxygen atoms in total. The molecule has 1 N–H and O–H groups in total. The molecule has 1 aromatic carbocycles. The van der Waals surface area contributed by atoms with Crippen LogP contribution in [-0.4, -0.2) is 22.7 Å². The normalized spacial score (nSPS) is 16.3. The summed E-state index contributed by atoms with van der Waals surface area (Å²) in [5, 5.41) is 2.98. The van der Waals surface area contributed by atoms with E-state index < -0.39 is 0 Å². The minimum atomic E-state index is 0.0820. The summed E-state index contributed by atoms with van der Waals surface area (Å²) in [6.45, 7) is 4.70. The van der Waals surface area contributed by atoms with Crippen molar-refractivity contribution in [2.75, 3.05) is 5.32 Å². The maximum absolute atomic E-state index is 12.4. The molecule has 1 aromatic heterocycles. The molecule has 4 rings (SSSR count). The average Bonchev–Trinajstić information content (AvgIpc) is 3.31. The molecule has 2 heterocycles. The van der Waals surface area contributed by atoms with Crippen LogP contribution in [0.5, 0.6) is 5.75 Å². The summed E-state index contributed by atoms with van der Waals surface area (Å²) >= 11 is 0. The Balaban J connectivity index is 1.56. The summed E-state index contributed by atoms with van der Waals surface area (Å²) in [4.78, 5) is 21.4. The zero-order valence-electron chi connectivity index (χ0n) is 15.9. The first kappa shape index (κ1) is 17.7. The number of ether oxygens (including phenoxy) is 1. The molecule has 1 amide bonds. The molecular weight excluding hydrogens is 338 g/mol. The van der Waals surface area contributed by atoms with E-state index in [4.69, 9.17) is 9.73 Å². The number of fused-ring (bicyclic) bond motifs is 1. The molecule has 27 heavy (non-hydrogen) atoms. The summed E-state index contributed by atoms with van der Waals surface area (Å²) in [7, 11) is 0. The fraction of sp³-hybridized carbons (Fsp3) is 0.409. The van der Waals surface area contributed by atoms with Crippen LogP contribution in [0.1, 0.15) is 56.2 Å². The van der Waals surface area contributed by atoms with Gasteiger partial charge in [0.2, 0.25) is 5.91 Å². The first-order chi connectivity index (χ1) is 13.1. The van der Waals surface area contributed by atoms with Gasteiger partial charge in [0, 0.05) is 23.2 Å². The second-order valence-corrected chi connectivity index (χ2v) is 7.55. The quantitative estimate of drug-likeness (QED) is 0.859. The number of aromatic nitrogens is 1. The molecule has 0 radical (unpaired) electrons. The Labute approximate surface area is 159 Å². The fourth-order valence-electron chi connectivity index (χ4n) is 3.82. The number of carbonyl (C=O) groups is 1. The number of amides is 1. The number of nitrogens with one attached hydrogen (secondary N) is 1. The largest absolute Gasteiger partial charge is 0.491 e. The Kier molecular flexibility index (Phi) is 4.92. The van der Waals surface area contributed by atoms with Crippen LogP contribution >= 0.6 is 0 Å². The third-order valence-electron chi connectivity index (χ3n) is 5.13. The van der Waals surface area contributed by atoms with E-state index >= 15 is 0 Å². The standard InChI is InChI=1S/C22H25N3O2/c1-14(2)27-18-8-7-17-13-24-21(19(17)12-18)16-9-10-23-20(11-16)25-22(26)15-5-3-4-6-15/h7-12,14-15H,3-6,13H2,1-2H3,(H,23,25,26). The summed E-state index contributed by atoms with van der Waals surface area (Å²) in [6.07, 6.45) is 6.09. The van der Waals surface area contributed by atoms with Crippen molar-refractivity contribution in [1.82, 2.24) is 4.98 Å². The summed E-state index contributed by atoms with van der Waals surface area (Å²) in [5.74, 6) is 1.64. The fourth-order valence-corrected chi connectivity index (χ4v) is 3.82. The van der Waals surface area contributed by atoms with Gasteiger partial charge in [0.05, 0.1) is 18.4 Å². The molecule has 2 aromatic rings. The van der Waals surface area contributed by atoms with Crippen LogP contribution < -0.4 is 10.1 Å². The minimum absolute atomic E-state index is 0.0820. The molecule has 1 saturated carbocycles. The zero-order valence-corrected chi connectivity index (χ0v) is 15.9. The summed E-state index contributed by atoms with van der Waals surface area (Å²) in [6, 6.07) is 9.98. The topological polar surface area (TPSA) is 63.6 Å². The van der Waals surface area contributed by atoms with Gasteiger partial charge in [-0.15, -0.1) is 0 Å². The van der Waals surface area contributed by atoms with Crippen LogP contribution in [0.4, 0.5) is 5.82 Å². The van der Waals surface area contributed by atoms with Crippen molar-refractivity contribution in [3.8, 4) is 5.75 Å². The Morgan fingerprint density at radius 3 is 2.78 bits per heavy atom. The Morgan fingerprint density at radius 1 is 1.19 bits per heavy atom. The molecule has 0 saturated heterocycles. The molecule has 1 fully saturated rings. The number of anilines is 1. The molecular formula is C22H25N3O2. The van der Waals surface area contributed by atoms with E-state index in [0.717, 1.165) is 48.3 Å². The third-order valence-corrected chi connectivity index (χ3v) is 5.13. The predicted octanol–water partition coefficient (Wildman–Crippen LogP) is 4.35. The van der Waals surface area contributed by atoms with Crippen LogP contribution in [0.3, 0.4) is 0 Å². The second-order valence-electron chi connectivity index (χ2n) is 7.55. The molecule has 2 aliphatic rings. The van der Waals surface area contributed by atoms with Gasteiger partial charge in [-0.1, -0.05) is 18.9 Å². The van der Waals surface area contributed by atoms with Crippen molar-refractivity contribution in [1.29, 1.82) is 0 Å². The second kappa shape index (κ2) is 7.51. The van der Waals surface area contributed by atoms with Gasteiger partial charge >= 0.3 is 0 Å². The highest BCUT2D eigenvalue weighted by atomic mass is 16.5. The molecule has 5 heteroatoms. The van der Waals surface area contributed by atoms with Gasteiger partial charge in [0.15, 0.2) is 0 Å². The van der Waals surface area contributed by atoms with Gasteiger partial charge in [0.1, 0.15) is 11.6 Å². The maximum atomic E-state index is 12.4. The number of hydrogen-bond donors (Lipinski definition) is 1. The van der Waals surface area contributed by atoms with Gasteiger partial charge in [-0.05, 0) is 56.5 Å². The van der Waals surface area contributed by atoms with E-state index in [-0.39, 0.29) is 17.9 Å². The van der Waals surface area contributed by atoms with Crippen molar-refractivity contribution >= 4 is 17.4 Å². The highest BCUT2D eigenvalue weighted by Gasteiger charge is 2.23. The van der Waals surface area contributed by atoms with E-state index in [1.807, 2.05) is 32.0 Å². The Morgan fingerprint density at radius 2 is 2.00 bits per heavy atom. The Hall–Kier alpha value is -2.69. The molecule has 0 atom stereocenters. The third kappa shape index (κ3) is 3.87. The van der Waals surface area contributed by atoms with Crippen LogP contribution in [0.2, 0.25) is 0 Å². The minimum Gasteiger partial charge on any atom is -0.491 e. The lowest BCUT2D eigenvalue weighted by molar-refractivity contribution is -0.119. The van der Waals surface area contributed by atoms with Crippen LogP contribution in [0.15, 0.2) is 41.5 Å². The zero-order chi connectivity index (χ0) is 18.8. The van der Waals surface area contributed by atoms with Crippen molar-refractivity contribution in [2.24, 2.45) is 10.9 Å². The lowest BCUT2D eigenvalue weighted by atomic mass is 10.0. The molecule has 0 bridgehead atoms. The van der Waals surface area contributed by atoms with Gasteiger partial charge in [-0.3, -0.25) is 9.79 Å². The van der Waals surface area contributed by atoms with Gasteiger partial charge in [-0.25, -0.2) is 4.98 Å². The smallest absolute Gasteiger partial charge is 0.228 e. The van der Waals surface area contributed by atoms with E-state index in [1.54, 1.807) is 6.20 Å². The number of hydrogen-bond acceptors (Lipinski definition) is 4. The molecule has 0 spiro atoms. The van der Waals surface area contributed by atoms with Crippen molar-refractivity contribution in [3.05, 3.63) is 53.2 Å². The van der Waals surface area contributed by atoms with Crippen LogP contribution in [-0.2, 0) is 11.3 Å². The first-order valence-electron chi connectivity index (χ1n) is 9.72. The van der Waals surface area contributed by atoms with Crippen LogP contribution in [0.25, 0.3) is 0 Å². The molecule has 1 aliphatic carbocycles. The highest BCUT2D eigenvalue weighted by Crippen LogP contribution is 2.29. The lowest BCUT2D eigenvalue weighted by Crippen LogP contribution is -2.21. The van der Waals surface area contributed by atoms with Gasteiger partial charge < -0.3 is 10.1 Å². The number of rotatable bonds is 5. The predicted molar refractivity (Wildman–Crippen MR) is 106 cm³/mol. The number of aliphatic imine (C=N–C) groups is 1. The van der Waals surface area contributed by atoms with E-state index in [9.17, 15) is 4.79 Å². The summed E-state index contributed by atoms with van der Waals surface area (Å²) < 4.78 is 5.83. The maximum Gasteiger partial charge on any atom is 0.228 e. The number of benzene rings is 1. The average molecular weight is 363 g/mol. The SMILES string of the molecule is CC(C)Oc1ccc2c(c1)C(c1ccnc(NC(=O)C3CCCC3)c1)=NC2. The van der Waals surface area contributed by atoms with Crippen molar-refractivity contribution < 1.29 is 9.53 Å². The monoisotopic (exact) mass is 363 g/mol. The lowest BCUT2D eigenvalue weighted by Gasteiger charge is -2.13.